The Bertz CT molecular complexity index is 413. The standard InChI is InChI=1S/C10H8F2O3/c1-15-10-6(2-3-9(13)14)4-7(11)5-8(10)12/h2-5H,1H3,(H,13,14). The van der Waals surface area contributed by atoms with Gasteiger partial charge in [0, 0.05) is 17.7 Å². The van der Waals surface area contributed by atoms with E-state index in [4.69, 9.17) is 5.11 Å². The summed E-state index contributed by atoms with van der Waals surface area (Å²) in [5, 5.41) is 8.36. The summed E-state index contributed by atoms with van der Waals surface area (Å²) in [5.74, 6) is -3.06. The number of ether oxygens (including phenoxy) is 1. The Hall–Kier alpha value is -1.91. The van der Waals surface area contributed by atoms with Crippen LogP contribution in [-0.4, -0.2) is 18.2 Å². The first-order chi connectivity index (χ1) is 7.04. The molecule has 0 saturated carbocycles. The number of benzene rings is 1. The maximum absolute atomic E-state index is 13.1. The molecule has 0 aliphatic heterocycles. The molecule has 80 valence electrons. The van der Waals surface area contributed by atoms with Gasteiger partial charge in [-0.25, -0.2) is 13.6 Å². The van der Waals surface area contributed by atoms with Gasteiger partial charge in [-0.1, -0.05) is 0 Å². The van der Waals surface area contributed by atoms with Gasteiger partial charge in [0.15, 0.2) is 11.6 Å². The van der Waals surface area contributed by atoms with Gasteiger partial charge in [-0.15, -0.1) is 0 Å². The molecule has 0 spiro atoms. The van der Waals surface area contributed by atoms with Gasteiger partial charge in [-0.3, -0.25) is 0 Å². The third kappa shape index (κ3) is 2.77. The molecule has 0 saturated heterocycles. The van der Waals surface area contributed by atoms with Crippen LogP contribution >= 0.6 is 0 Å². The zero-order valence-electron chi connectivity index (χ0n) is 7.83. The van der Waals surface area contributed by atoms with Crippen molar-refractivity contribution in [2.75, 3.05) is 7.11 Å². The molecule has 0 unspecified atom stereocenters. The van der Waals surface area contributed by atoms with Crippen molar-refractivity contribution in [2.45, 2.75) is 0 Å². The fourth-order valence-electron chi connectivity index (χ4n) is 1.08. The van der Waals surface area contributed by atoms with E-state index < -0.39 is 17.6 Å². The molecule has 3 nitrogen and oxygen atoms in total. The van der Waals surface area contributed by atoms with E-state index in [1.807, 2.05) is 0 Å². The van der Waals surface area contributed by atoms with E-state index in [-0.39, 0.29) is 11.3 Å². The minimum absolute atomic E-state index is 0.0393. The van der Waals surface area contributed by atoms with Gasteiger partial charge >= 0.3 is 5.97 Å². The minimum atomic E-state index is -1.21. The quantitative estimate of drug-likeness (QED) is 0.783. The van der Waals surface area contributed by atoms with Crippen molar-refractivity contribution in [1.82, 2.24) is 0 Å². The van der Waals surface area contributed by atoms with Crippen LogP contribution in [0.3, 0.4) is 0 Å². The average Bonchev–Trinajstić information content (AvgIpc) is 2.13. The number of hydrogen-bond acceptors (Lipinski definition) is 2. The van der Waals surface area contributed by atoms with E-state index in [1.165, 1.54) is 7.11 Å². The van der Waals surface area contributed by atoms with Gasteiger partial charge in [0.1, 0.15) is 5.82 Å². The molecule has 0 aliphatic carbocycles. The molecule has 0 atom stereocenters. The number of aliphatic carboxylic acids is 1. The van der Waals surface area contributed by atoms with Gasteiger partial charge in [0.05, 0.1) is 7.11 Å². The van der Waals surface area contributed by atoms with Crippen LogP contribution in [-0.2, 0) is 4.79 Å². The van der Waals surface area contributed by atoms with Gasteiger partial charge < -0.3 is 9.84 Å². The zero-order valence-corrected chi connectivity index (χ0v) is 7.83. The third-order valence-corrected chi connectivity index (χ3v) is 1.65. The summed E-state index contributed by atoms with van der Waals surface area (Å²) >= 11 is 0. The van der Waals surface area contributed by atoms with Crippen LogP contribution in [0, 0.1) is 11.6 Å². The minimum Gasteiger partial charge on any atom is -0.493 e. The lowest BCUT2D eigenvalue weighted by atomic mass is 10.1. The van der Waals surface area contributed by atoms with Crippen molar-refractivity contribution in [1.29, 1.82) is 0 Å². The second-order valence-electron chi connectivity index (χ2n) is 2.68. The van der Waals surface area contributed by atoms with Crippen LogP contribution in [0.1, 0.15) is 5.56 Å². The number of carboxylic acids is 1. The second kappa shape index (κ2) is 4.54. The molecule has 0 aliphatic rings. The van der Waals surface area contributed by atoms with Crippen LogP contribution in [0.4, 0.5) is 8.78 Å². The smallest absolute Gasteiger partial charge is 0.328 e. The first-order valence-electron chi connectivity index (χ1n) is 3.98. The monoisotopic (exact) mass is 214 g/mol. The molecule has 1 aromatic carbocycles. The van der Waals surface area contributed by atoms with Crippen LogP contribution in [0.2, 0.25) is 0 Å². The summed E-state index contributed by atoms with van der Waals surface area (Å²) in [6.07, 6.45) is 1.84. The number of hydrogen-bond donors (Lipinski definition) is 1. The fraction of sp³-hybridized carbons (Fsp3) is 0.100. The molecule has 1 aromatic rings. The van der Waals surface area contributed by atoms with E-state index in [0.29, 0.717) is 6.07 Å². The number of carbonyl (C=O) groups is 1. The fourth-order valence-corrected chi connectivity index (χ4v) is 1.08. The first-order valence-corrected chi connectivity index (χ1v) is 3.98. The highest BCUT2D eigenvalue weighted by molar-refractivity contribution is 5.85. The van der Waals surface area contributed by atoms with E-state index in [2.05, 4.69) is 4.74 Å². The Morgan fingerprint density at radius 2 is 2.13 bits per heavy atom. The normalized spacial score (nSPS) is 10.6. The molecule has 0 fully saturated rings. The van der Waals surface area contributed by atoms with Gasteiger partial charge in [-0.2, -0.15) is 0 Å². The van der Waals surface area contributed by atoms with Crippen molar-refractivity contribution in [2.24, 2.45) is 0 Å². The Kier molecular flexibility index (Phi) is 3.38. The van der Waals surface area contributed by atoms with Gasteiger partial charge in [0.25, 0.3) is 0 Å². The Morgan fingerprint density at radius 3 is 2.67 bits per heavy atom. The van der Waals surface area contributed by atoms with Crippen molar-refractivity contribution in [3.63, 3.8) is 0 Å². The number of halogens is 2. The van der Waals surface area contributed by atoms with Crippen LogP contribution in [0.5, 0.6) is 5.75 Å². The molecule has 15 heavy (non-hydrogen) atoms. The second-order valence-corrected chi connectivity index (χ2v) is 2.68. The molecule has 1 N–H and O–H groups in total. The summed E-state index contributed by atoms with van der Waals surface area (Å²) in [6.45, 7) is 0. The highest BCUT2D eigenvalue weighted by Crippen LogP contribution is 2.24. The zero-order chi connectivity index (χ0) is 11.4. The third-order valence-electron chi connectivity index (χ3n) is 1.65. The van der Waals surface area contributed by atoms with Crippen molar-refractivity contribution in [3.05, 3.63) is 35.4 Å². The highest BCUT2D eigenvalue weighted by atomic mass is 19.1. The van der Waals surface area contributed by atoms with E-state index in [9.17, 15) is 13.6 Å². The maximum Gasteiger partial charge on any atom is 0.328 e. The maximum atomic E-state index is 13.1. The van der Waals surface area contributed by atoms with E-state index >= 15 is 0 Å². The van der Waals surface area contributed by atoms with Crippen molar-refractivity contribution in [3.8, 4) is 5.75 Å². The Balaban J connectivity index is 3.20. The first kappa shape index (κ1) is 11.2. The molecular formula is C10H8F2O3. The number of methoxy groups -OCH3 is 1. The van der Waals surface area contributed by atoms with E-state index in [0.717, 1.165) is 18.2 Å². The topological polar surface area (TPSA) is 46.5 Å². The number of carboxylic acid groups (broad SMARTS) is 1. The van der Waals surface area contributed by atoms with Crippen LogP contribution in [0.15, 0.2) is 18.2 Å². The molecule has 0 amide bonds. The lowest BCUT2D eigenvalue weighted by Gasteiger charge is -2.05. The molecule has 0 bridgehead atoms. The van der Waals surface area contributed by atoms with Crippen molar-refractivity contribution >= 4 is 12.0 Å². The Morgan fingerprint density at radius 1 is 1.47 bits per heavy atom. The summed E-state index contributed by atoms with van der Waals surface area (Å²) < 4.78 is 30.6. The van der Waals surface area contributed by atoms with Gasteiger partial charge in [-0.05, 0) is 12.1 Å². The summed E-state index contributed by atoms with van der Waals surface area (Å²) in [4.78, 5) is 10.2. The molecule has 1 rings (SSSR count). The molecule has 0 radical (unpaired) electrons. The lowest BCUT2D eigenvalue weighted by molar-refractivity contribution is -0.131. The summed E-state index contributed by atoms with van der Waals surface area (Å²) in [6, 6.07) is 1.65. The van der Waals surface area contributed by atoms with Crippen LogP contribution in [0.25, 0.3) is 6.08 Å². The molecular weight excluding hydrogens is 206 g/mol. The van der Waals surface area contributed by atoms with Gasteiger partial charge in [0.2, 0.25) is 0 Å². The molecule has 0 aromatic heterocycles. The highest BCUT2D eigenvalue weighted by Gasteiger charge is 2.09. The predicted molar refractivity (Wildman–Crippen MR) is 49.6 cm³/mol. The Labute approximate surface area is 84.6 Å². The van der Waals surface area contributed by atoms with E-state index in [1.54, 1.807) is 0 Å². The number of rotatable bonds is 3. The summed E-state index contributed by atoms with van der Waals surface area (Å²) in [5.41, 5.74) is 0.0393. The summed E-state index contributed by atoms with van der Waals surface area (Å²) in [7, 11) is 1.22. The van der Waals surface area contributed by atoms with Crippen molar-refractivity contribution < 1.29 is 23.4 Å². The van der Waals surface area contributed by atoms with Crippen LogP contribution < -0.4 is 4.74 Å². The largest absolute Gasteiger partial charge is 0.493 e. The lowest BCUT2D eigenvalue weighted by Crippen LogP contribution is -1.94. The SMILES string of the molecule is COc1c(F)cc(F)cc1C=CC(=O)O. The molecule has 5 heteroatoms. The average molecular weight is 214 g/mol. The predicted octanol–water partition coefficient (Wildman–Crippen LogP) is 2.07. The molecule has 0 heterocycles.